The Morgan fingerprint density at radius 1 is 1.80 bits per heavy atom. The highest BCUT2D eigenvalue weighted by Gasteiger charge is 1.96. The lowest BCUT2D eigenvalue weighted by atomic mass is 10.6. The predicted molar refractivity (Wildman–Crippen MR) is 45.4 cm³/mol. The molecule has 0 aliphatic rings. The average molecular weight is 177 g/mol. The van der Waals surface area contributed by atoms with Crippen LogP contribution in [-0.4, -0.2) is 16.2 Å². The molecule has 0 amide bonds. The fourth-order valence-electron chi connectivity index (χ4n) is 0.684. The van der Waals surface area contributed by atoms with Crippen LogP contribution in [0.1, 0.15) is 11.5 Å². The first-order chi connectivity index (χ1) is 4.86. The van der Waals surface area contributed by atoms with Gasteiger partial charge in [0, 0.05) is 11.9 Å². The molecule has 0 atom stereocenters. The largest absolute Gasteiger partial charge is 0.344 e. The van der Waals surface area contributed by atoms with Crippen LogP contribution in [0.25, 0.3) is 0 Å². The van der Waals surface area contributed by atoms with Crippen LogP contribution in [0.4, 0.5) is 0 Å². The minimum atomic E-state index is 0.515. The standard InChI is InChI=1S/C6H9ClN2S/c1-10-4-6-8-3-5(2-7)9-6/h3H,2,4H2,1H3,(H,8,9). The second kappa shape index (κ2) is 3.88. The molecule has 0 aliphatic carbocycles. The number of H-pyrrole nitrogens is 1. The molecule has 0 fully saturated rings. The van der Waals surface area contributed by atoms with Gasteiger partial charge < -0.3 is 4.98 Å². The highest BCUT2D eigenvalue weighted by Crippen LogP contribution is 2.06. The molecule has 0 aliphatic heterocycles. The number of nitrogens with zero attached hydrogens (tertiary/aromatic N) is 1. The quantitative estimate of drug-likeness (QED) is 0.714. The molecule has 2 nitrogen and oxygen atoms in total. The van der Waals surface area contributed by atoms with Crippen molar-refractivity contribution in [1.82, 2.24) is 9.97 Å². The first-order valence-corrected chi connectivity index (χ1v) is 4.87. The number of nitrogens with one attached hydrogen (secondary N) is 1. The van der Waals surface area contributed by atoms with Crippen molar-refractivity contribution in [2.45, 2.75) is 11.6 Å². The van der Waals surface area contributed by atoms with Crippen molar-refractivity contribution in [1.29, 1.82) is 0 Å². The van der Waals surface area contributed by atoms with Crippen LogP contribution in [0.3, 0.4) is 0 Å². The Morgan fingerprint density at radius 3 is 3.10 bits per heavy atom. The van der Waals surface area contributed by atoms with Gasteiger partial charge in [0.25, 0.3) is 0 Å². The molecule has 1 rings (SSSR count). The number of aromatic amines is 1. The van der Waals surface area contributed by atoms with E-state index in [9.17, 15) is 0 Å². The third-order valence-corrected chi connectivity index (χ3v) is 1.96. The summed E-state index contributed by atoms with van der Waals surface area (Å²) in [6.45, 7) is 0. The van der Waals surface area contributed by atoms with Crippen LogP contribution in [0, 0.1) is 0 Å². The number of alkyl halides is 1. The summed E-state index contributed by atoms with van der Waals surface area (Å²) in [4.78, 5) is 7.22. The third-order valence-electron chi connectivity index (χ3n) is 1.11. The van der Waals surface area contributed by atoms with Gasteiger partial charge in [-0.05, 0) is 6.26 Å². The van der Waals surface area contributed by atoms with E-state index < -0.39 is 0 Å². The van der Waals surface area contributed by atoms with Crippen LogP contribution in [0.2, 0.25) is 0 Å². The molecular weight excluding hydrogens is 168 g/mol. The summed E-state index contributed by atoms with van der Waals surface area (Å²) >= 11 is 7.30. The molecule has 1 N–H and O–H groups in total. The lowest BCUT2D eigenvalue weighted by molar-refractivity contribution is 1.10. The van der Waals surface area contributed by atoms with E-state index in [1.807, 2.05) is 6.26 Å². The average Bonchev–Trinajstić information content (AvgIpc) is 2.37. The summed E-state index contributed by atoms with van der Waals surface area (Å²) < 4.78 is 0. The second-order valence-corrected chi connectivity index (χ2v) is 3.06. The van der Waals surface area contributed by atoms with E-state index in [1.54, 1.807) is 18.0 Å². The summed E-state index contributed by atoms with van der Waals surface area (Å²) in [6, 6.07) is 0. The van der Waals surface area contributed by atoms with Crippen LogP contribution >= 0.6 is 23.4 Å². The molecule has 0 radical (unpaired) electrons. The molecule has 0 saturated carbocycles. The summed E-state index contributed by atoms with van der Waals surface area (Å²) in [5.41, 5.74) is 0.991. The van der Waals surface area contributed by atoms with Gasteiger partial charge in [-0.2, -0.15) is 11.8 Å². The van der Waals surface area contributed by atoms with Gasteiger partial charge in [0.2, 0.25) is 0 Å². The Labute approximate surface area is 69.4 Å². The van der Waals surface area contributed by atoms with Crippen molar-refractivity contribution in [3.63, 3.8) is 0 Å². The zero-order valence-electron chi connectivity index (χ0n) is 5.72. The molecule has 1 aromatic heterocycles. The zero-order chi connectivity index (χ0) is 7.40. The maximum atomic E-state index is 5.56. The van der Waals surface area contributed by atoms with Crippen LogP contribution < -0.4 is 0 Å². The van der Waals surface area contributed by atoms with Crippen LogP contribution in [0.15, 0.2) is 6.20 Å². The maximum absolute atomic E-state index is 5.56. The van der Waals surface area contributed by atoms with Crippen molar-refractivity contribution in [3.05, 3.63) is 17.7 Å². The fraction of sp³-hybridized carbons (Fsp3) is 0.500. The Kier molecular flexibility index (Phi) is 3.09. The van der Waals surface area contributed by atoms with Gasteiger partial charge in [-0.25, -0.2) is 4.98 Å². The van der Waals surface area contributed by atoms with Gasteiger partial charge in [0.05, 0.1) is 11.6 Å². The molecule has 0 saturated heterocycles. The van der Waals surface area contributed by atoms with Gasteiger partial charge in [-0.3, -0.25) is 0 Å². The van der Waals surface area contributed by atoms with Gasteiger partial charge in [-0.1, -0.05) is 0 Å². The van der Waals surface area contributed by atoms with Gasteiger partial charge >= 0.3 is 0 Å². The molecule has 0 spiro atoms. The summed E-state index contributed by atoms with van der Waals surface area (Å²) in [6.07, 6.45) is 3.82. The van der Waals surface area contributed by atoms with Crippen LogP contribution in [0.5, 0.6) is 0 Å². The second-order valence-electron chi connectivity index (χ2n) is 1.92. The molecule has 0 bridgehead atoms. The Hall–Kier alpha value is -0.150. The minimum absolute atomic E-state index is 0.515. The molecule has 1 heterocycles. The predicted octanol–water partition coefficient (Wildman–Crippen LogP) is 2.01. The smallest absolute Gasteiger partial charge is 0.116 e. The third kappa shape index (κ3) is 1.92. The minimum Gasteiger partial charge on any atom is -0.344 e. The Bertz CT molecular complexity index is 199. The maximum Gasteiger partial charge on any atom is 0.116 e. The molecular formula is C6H9ClN2S. The summed E-state index contributed by atoms with van der Waals surface area (Å²) in [7, 11) is 0. The van der Waals surface area contributed by atoms with Crippen molar-refractivity contribution in [2.75, 3.05) is 6.26 Å². The van der Waals surface area contributed by atoms with E-state index in [0.29, 0.717) is 5.88 Å². The number of halogens is 1. The zero-order valence-corrected chi connectivity index (χ0v) is 7.30. The number of rotatable bonds is 3. The van der Waals surface area contributed by atoms with Gasteiger partial charge in [0.15, 0.2) is 0 Å². The number of imidazole rings is 1. The molecule has 1 aromatic rings. The SMILES string of the molecule is CSCc1ncc(CCl)[nH]1. The number of hydrogen-bond donors (Lipinski definition) is 1. The van der Waals surface area contributed by atoms with E-state index >= 15 is 0 Å². The highest BCUT2D eigenvalue weighted by molar-refractivity contribution is 7.97. The van der Waals surface area contributed by atoms with Gasteiger partial charge in [-0.15, -0.1) is 11.6 Å². The van der Waals surface area contributed by atoms with E-state index in [0.717, 1.165) is 17.3 Å². The van der Waals surface area contributed by atoms with E-state index in [-0.39, 0.29) is 0 Å². The first-order valence-electron chi connectivity index (χ1n) is 2.94. The summed E-state index contributed by atoms with van der Waals surface area (Å²) in [5, 5.41) is 0. The molecule has 4 heteroatoms. The van der Waals surface area contributed by atoms with E-state index in [1.165, 1.54) is 0 Å². The lowest BCUT2D eigenvalue weighted by Crippen LogP contribution is -1.82. The number of aromatic nitrogens is 2. The van der Waals surface area contributed by atoms with Crippen molar-refractivity contribution in [2.24, 2.45) is 0 Å². The van der Waals surface area contributed by atoms with Crippen molar-refractivity contribution >= 4 is 23.4 Å². The van der Waals surface area contributed by atoms with Crippen molar-refractivity contribution in [3.8, 4) is 0 Å². The van der Waals surface area contributed by atoms with Crippen molar-refractivity contribution < 1.29 is 0 Å². The van der Waals surface area contributed by atoms with E-state index in [2.05, 4.69) is 9.97 Å². The number of thioether (sulfide) groups is 1. The molecule has 10 heavy (non-hydrogen) atoms. The van der Waals surface area contributed by atoms with E-state index in [4.69, 9.17) is 11.6 Å². The fourth-order valence-corrected chi connectivity index (χ4v) is 1.24. The monoisotopic (exact) mass is 176 g/mol. The molecule has 56 valence electrons. The topological polar surface area (TPSA) is 28.7 Å². The van der Waals surface area contributed by atoms with Gasteiger partial charge in [0.1, 0.15) is 5.82 Å². The number of hydrogen-bond acceptors (Lipinski definition) is 2. The highest BCUT2D eigenvalue weighted by atomic mass is 35.5. The lowest BCUT2D eigenvalue weighted by Gasteiger charge is -1.88. The summed E-state index contributed by atoms with van der Waals surface area (Å²) in [5.74, 6) is 2.45. The molecule has 0 aromatic carbocycles. The van der Waals surface area contributed by atoms with Crippen LogP contribution in [-0.2, 0) is 11.6 Å². The normalized spacial score (nSPS) is 10.2. The molecule has 0 unspecified atom stereocenters. The Morgan fingerprint density at radius 2 is 2.60 bits per heavy atom. The Balaban J connectivity index is 2.59. The first kappa shape index (κ1) is 7.95.